The van der Waals surface area contributed by atoms with Crippen LogP contribution in [-0.4, -0.2) is 5.67 Å². The van der Waals surface area contributed by atoms with Crippen LogP contribution in [0.2, 0.25) is 0 Å². The molecule has 0 bridgehead atoms. The van der Waals surface area contributed by atoms with E-state index in [0.717, 1.165) is 11.3 Å². The quantitative estimate of drug-likeness (QED) is 0.668. The lowest BCUT2D eigenvalue weighted by Crippen LogP contribution is -2.04. The molecule has 1 fully saturated rings. The minimum atomic E-state index is -0.909. The number of halogens is 1. The Morgan fingerprint density at radius 1 is 1.42 bits per heavy atom. The molecule has 0 atom stereocenters. The molecular weight excluding hydrogens is 153 g/mol. The fraction of sp³-hybridized carbons (Fsp3) is 0.400. The van der Waals surface area contributed by atoms with Crippen LogP contribution in [0, 0.1) is 0 Å². The molecule has 0 saturated heterocycles. The van der Waals surface area contributed by atoms with E-state index >= 15 is 0 Å². The molecule has 1 aromatic carbocycles. The number of nitrogens with two attached hydrogens (primary N) is 1. The molecule has 1 saturated carbocycles. The standard InChI is InChI=1S/C10H12FN/c11-10(4-5-10)7-8-2-1-3-9(12)6-8/h1-3,6H,4-5,7,12H2. The van der Waals surface area contributed by atoms with Crippen LogP contribution in [0.15, 0.2) is 24.3 Å². The molecule has 64 valence electrons. The lowest BCUT2D eigenvalue weighted by molar-refractivity contribution is 0.308. The van der Waals surface area contributed by atoms with Gasteiger partial charge in [0.15, 0.2) is 0 Å². The number of hydrogen-bond donors (Lipinski definition) is 1. The van der Waals surface area contributed by atoms with E-state index in [-0.39, 0.29) is 0 Å². The molecular formula is C10H12FN. The molecule has 0 aliphatic heterocycles. The minimum Gasteiger partial charge on any atom is -0.399 e. The molecule has 0 radical (unpaired) electrons. The summed E-state index contributed by atoms with van der Waals surface area (Å²) in [6.07, 6.45) is 1.95. The van der Waals surface area contributed by atoms with E-state index in [0.29, 0.717) is 19.3 Å². The molecule has 2 heteroatoms. The number of nitrogen functional groups attached to an aromatic ring is 1. The highest BCUT2D eigenvalue weighted by Crippen LogP contribution is 2.42. The van der Waals surface area contributed by atoms with Crippen molar-refractivity contribution in [2.24, 2.45) is 0 Å². The van der Waals surface area contributed by atoms with Gasteiger partial charge in [-0.15, -0.1) is 0 Å². The van der Waals surface area contributed by atoms with Crippen LogP contribution < -0.4 is 5.73 Å². The van der Waals surface area contributed by atoms with Gasteiger partial charge in [0.25, 0.3) is 0 Å². The summed E-state index contributed by atoms with van der Waals surface area (Å²) in [6, 6.07) is 7.47. The van der Waals surface area contributed by atoms with Crippen LogP contribution in [0.25, 0.3) is 0 Å². The molecule has 1 aliphatic rings. The Bertz CT molecular complexity index is 292. The number of anilines is 1. The van der Waals surface area contributed by atoms with Crippen molar-refractivity contribution in [1.82, 2.24) is 0 Å². The highest BCUT2D eigenvalue weighted by atomic mass is 19.1. The third-order valence-corrected chi connectivity index (χ3v) is 2.26. The Hall–Kier alpha value is -1.05. The van der Waals surface area contributed by atoms with E-state index in [2.05, 4.69) is 0 Å². The summed E-state index contributed by atoms with van der Waals surface area (Å²) < 4.78 is 13.3. The van der Waals surface area contributed by atoms with Crippen molar-refractivity contribution < 1.29 is 4.39 Å². The summed E-state index contributed by atoms with van der Waals surface area (Å²) in [7, 11) is 0. The highest BCUT2D eigenvalue weighted by Gasteiger charge is 2.42. The number of benzene rings is 1. The van der Waals surface area contributed by atoms with E-state index in [1.165, 1.54) is 0 Å². The molecule has 0 spiro atoms. The van der Waals surface area contributed by atoms with E-state index in [1.807, 2.05) is 24.3 Å². The molecule has 0 amide bonds. The maximum absolute atomic E-state index is 13.3. The molecule has 2 N–H and O–H groups in total. The minimum absolute atomic E-state index is 0.526. The van der Waals surface area contributed by atoms with Gasteiger partial charge in [0, 0.05) is 12.1 Å². The maximum Gasteiger partial charge on any atom is 0.115 e. The summed E-state index contributed by atoms with van der Waals surface area (Å²) in [5.74, 6) is 0. The van der Waals surface area contributed by atoms with Crippen LogP contribution in [0.4, 0.5) is 10.1 Å². The van der Waals surface area contributed by atoms with Gasteiger partial charge in [0.2, 0.25) is 0 Å². The fourth-order valence-corrected chi connectivity index (χ4v) is 1.38. The maximum atomic E-state index is 13.3. The number of rotatable bonds is 2. The Morgan fingerprint density at radius 3 is 2.75 bits per heavy atom. The SMILES string of the molecule is Nc1cccc(CC2(F)CC2)c1. The van der Waals surface area contributed by atoms with Crippen LogP contribution in [0.3, 0.4) is 0 Å². The van der Waals surface area contributed by atoms with Crippen molar-refractivity contribution in [3.05, 3.63) is 29.8 Å². The van der Waals surface area contributed by atoms with E-state index < -0.39 is 5.67 Å². The predicted octanol–water partition coefficient (Wildman–Crippen LogP) is 2.31. The van der Waals surface area contributed by atoms with E-state index in [4.69, 9.17) is 5.73 Å². The zero-order valence-electron chi connectivity index (χ0n) is 6.89. The van der Waals surface area contributed by atoms with Crippen LogP contribution in [0.5, 0.6) is 0 Å². The van der Waals surface area contributed by atoms with Crippen LogP contribution in [0.1, 0.15) is 18.4 Å². The summed E-state index contributed by atoms with van der Waals surface area (Å²) in [6.45, 7) is 0. The van der Waals surface area contributed by atoms with Gasteiger partial charge in [0.05, 0.1) is 0 Å². The van der Waals surface area contributed by atoms with Crippen molar-refractivity contribution in [2.75, 3.05) is 5.73 Å². The van der Waals surface area contributed by atoms with E-state index in [1.54, 1.807) is 0 Å². The monoisotopic (exact) mass is 165 g/mol. The lowest BCUT2D eigenvalue weighted by atomic mass is 10.1. The van der Waals surface area contributed by atoms with Crippen molar-refractivity contribution >= 4 is 5.69 Å². The largest absolute Gasteiger partial charge is 0.399 e. The first-order chi connectivity index (χ1) is 5.68. The predicted molar refractivity (Wildman–Crippen MR) is 47.6 cm³/mol. The summed E-state index contributed by atoms with van der Waals surface area (Å²) >= 11 is 0. The van der Waals surface area contributed by atoms with Crippen LogP contribution in [-0.2, 0) is 6.42 Å². The van der Waals surface area contributed by atoms with Gasteiger partial charge in [-0.25, -0.2) is 4.39 Å². The highest BCUT2D eigenvalue weighted by molar-refractivity contribution is 5.41. The topological polar surface area (TPSA) is 26.0 Å². The molecule has 2 rings (SSSR count). The van der Waals surface area contributed by atoms with Crippen molar-refractivity contribution in [3.8, 4) is 0 Å². The second-order valence-corrected chi connectivity index (χ2v) is 3.57. The average Bonchev–Trinajstić information content (AvgIpc) is 2.67. The van der Waals surface area contributed by atoms with Gasteiger partial charge in [0.1, 0.15) is 5.67 Å². The van der Waals surface area contributed by atoms with Gasteiger partial charge in [-0.05, 0) is 30.5 Å². The molecule has 0 unspecified atom stereocenters. The first-order valence-corrected chi connectivity index (χ1v) is 4.21. The Labute approximate surface area is 71.4 Å². The molecule has 1 aromatic rings. The zero-order chi connectivity index (χ0) is 8.60. The Morgan fingerprint density at radius 2 is 2.17 bits per heavy atom. The van der Waals surface area contributed by atoms with Gasteiger partial charge < -0.3 is 5.73 Å². The third-order valence-electron chi connectivity index (χ3n) is 2.26. The van der Waals surface area contributed by atoms with Crippen LogP contribution >= 0.6 is 0 Å². The van der Waals surface area contributed by atoms with Crippen molar-refractivity contribution in [1.29, 1.82) is 0 Å². The molecule has 0 aromatic heterocycles. The summed E-state index contributed by atoms with van der Waals surface area (Å²) in [4.78, 5) is 0. The second kappa shape index (κ2) is 2.47. The molecule has 1 nitrogen and oxygen atoms in total. The average molecular weight is 165 g/mol. The first-order valence-electron chi connectivity index (χ1n) is 4.21. The van der Waals surface area contributed by atoms with Crippen molar-refractivity contribution in [3.63, 3.8) is 0 Å². The smallest absolute Gasteiger partial charge is 0.115 e. The van der Waals surface area contributed by atoms with Gasteiger partial charge >= 0.3 is 0 Å². The van der Waals surface area contributed by atoms with E-state index in [9.17, 15) is 4.39 Å². The molecule has 0 heterocycles. The second-order valence-electron chi connectivity index (χ2n) is 3.57. The third kappa shape index (κ3) is 1.58. The van der Waals surface area contributed by atoms with Crippen molar-refractivity contribution in [2.45, 2.75) is 24.9 Å². The lowest BCUT2D eigenvalue weighted by Gasteiger charge is -2.04. The number of hydrogen-bond acceptors (Lipinski definition) is 1. The van der Waals surface area contributed by atoms with Gasteiger partial charge in [-0.1, -0.05) is 12.1 Å². The summed E-state index contributed by atoms with van der Waals surface area (Å²) in [5, 5.41) is 0. The normalized spacial score (nSPS) is 19.1. The Balaban J connectivity index is 2.12. The Kier molecular flexibility index (Phi) is 1.56. The molecule has 1 aliphatic carbocycles. The van der Waals surface area contributed by atoms with Gasteiger partial charge in [-0.2, -0.15) is 0 Å². The van der Waals surface area contributed by atoms with Gasteiger partial charge in [-0.3, -0.25) is 0 Å². The number of alkyl halides is 1. The zero-order valence-corrected chi connectivity index (χ0v) is 6.89. The first kappa shape index (κ1) is 7.59. The molecule has 12 heavy (non-hydrogen) atoms. The summed E-state index contributed by atoms with van der Waals surface area (Å²) in [5.41, 5.74) is 6.39. The fourth-order valence-electron chi connectivity index (χ4n) is 1.38.